The summed E-state index contributed by atoms with van der Waals surface area (Å²) in [5.74, 6) is 1.92. The first-order valence-corrected chi connectivity index (χ1v) is 9.00. The van der Waals surface area contributed by atoms with Crippen LogP contribution in [0, 0.1) is 0 Å². The molecule has 0 aromatic heterocycles. The molecule has 0 radical (unpaired) electrons. The molecule has 2 nitrogen and oxygen atoms in total. The number of aryl methyl sites for hydroxylation is 1. The van der Waals surface area contributed by atoms with Gasteiger partial charge in [-0.15, -0.1) is 11.6 Å². The number of benzene rings is 2. The minimum atomic E-state index is 0.295. The van der Waals surface area contributed by atoms with Crippen LogP contribution in [0.2, 0.25) is 0 Å². The summed E-state index contributed by atoms with van der Waals surface area (Å²) in [7, 11) is 1.73. The molecule has 0 spiro atoms. The van der Waals surface area contributed by atoms with Gasteiger partial charge >= 0.3 is 0 Å². The van der Waals surface area contributed by atoms with E-state index in [4.69, 9.17) is 21.1 Å². The zero-order valence-electron chi connectivity index (χ0n) is 14.4. The Labute approximate surface area is 144 Å². The third-order valence-corrected chi connectivity index (χ3v) is 4.76. The van der Waals surface area contributed by atoms with Gasteiger partial charge < -0.3 is 9.47 Å². The van der Waals surface area contributed by atoms with E-state index in [9.17, 15) is 0 Å². The van der Waals surface area contributed by atoms with Crippen molar-refractivity contribution in [1.82, 2.24) is 0 Å². The summed E-state index contributed by atoms with van der Waals surface area (Å²) in [5, 5.41) is 2.53. The smallest absolute Gasteiger partial charge is 0.130 e. The largest absolute Gasteiger partial charge is 0.496 e. The first-order valence-electron chi connectivity index (χ1n) is 8.56. The van der Waals surface area contributed by atoms with Crippen molar-refractivity contribution in [2.45, 2.75) is 51.3 Å². The highest BCUT2D eigenvalue weighted by molar-refractivity contribution is 6.20. The summed E-state index contributed by atoms with van der Waals surface area (Å²) in [6, 6.07) is 10.4. The van der Waals surface area contributed by atoms with Gasteiger partial charge in [-0.3, -0.25) is 0 Å². The second-order valence-electron chi connectivity index (χ2n) is 5.82. The summed E-state index contributed by atoms with van der Waals surface area (Å²) in [6.07, 6.45) is 5.16. The summed E-state index contributed by atoms with van der Waals surface area (Å²) in [4.78, 5) is 0. The molecule has 0 N–H and O–H groups in total. The number of unbranched alkanes of at least 4 members (excludes halogenated alkanes) is 1. The second-order valence-corrected chi connectivity index (χ2v) is 6.43. The van der Waals surface area contributed by atoms with Crippen molar-refractivity contribution in [2.24, 2.45) is 0 Å². The molecule has 1 unspecified atom stereocenters. The Morgan fingerprint density at radius 2 is 1.83 bits per heavy atom. The highest BCUT2D eigenvalue weighted by atomic mass is 35.5. The lowest BCUT2D eigenvalue weighted by atomic mass is 10.0. The van der Waals surface area contributed by atoms with Gasteiger partial charge in [-0.2, -0.15) is 0 Å². The summed E-state index contributed by atoms with van der Waals surface area (Å²) in [5.41, 5.74) is 1.19. The Morgan fingerprint density at radius 1 is 1.09 bits per heavy atom. The van der Waals surface area contributed by atoms with Gasteiger partial charge in [0, 0.05) is 16.1 Å². The Hall–Kier alpha value is -1.41. The molecule has 0 saturated carbocycles. The van der Waals surface area contributed by atoms with E-state index in [0.717, 1.165) is 61.0 Å². The second kappa shape index (κ2) is 9.02. The monoisotopic (exact) mass is 334 g/mol. The molecule has 0 amide bonds. The number of alkyl halides is 1. The van der Waals surface area contributed by atoms with Crippen LogP contribution in [0.1, 0.15) is 45.1 Å². The number of ether oxygens (including phenoxy) is 2. The van der Waals surface area contributed by atoms with Crippen molar-refractivity contribution >= 4 is 22.4 Å². The topological polar surface area (TPSA) is 18.5 Å². The molecule has 0 aliphatic rings. The van der Waals surface area contributed by atoms with Crippen molar-refractivity contribution < 1.29 is 9.47 Å². The molecule has 126 valence electrons. The number of rotatable bonds is 9. The maximum absolute atomic E-state index is 6.16. The molecule has 0 heterocycles. The first-order chi connectivity index (χ1) is 11.2. The van der Waals surface area contributed by atoms with E-state index in [1.165, 1.54) is 5.56 Å². The normalized spacial score (nSPS) is 12.3. The molecule has 2 aromatic carbocycles. The Bertz CT molecular complexity index is 624. The average molecular weight is 335 g/mol. The van der Waals surface area contributed by atoms with Crippen molar-refractivity contribution in [3.8, 4) is 11.5 Å². The van der Waals surface area contributed by atoms with E-state index in [0.29, 0.717) is 5.38 Å². The molecule has 0 aliphatic heterocycles. The van der Waals surface area contributed by atoms with Crippen LogP contribution in [-0.2, 0) is 6.42 Å². The van der Waals surface area contributed by atoms with Gasteiger partial charge in [0.25, 0.3) is 0 Å². The minimum absolute atomic E-state index is 0.295. The Kier molecular flexibility index (Phi) is 7.04. The molecule has 1 atom stereocenters. The predicted molar refractivity (Wildman–Crippen MR) is 99.2 cm³/mol. The van der Waals surface area contributed by atoms with Crippen LogP contribution in [0.5, 0.6) is 11.5 Å². The van der Waals surface area contributed by atoms with E-state index in [1.54, 1.807) is 7.11 Å². The Morgan fingerprint density at radius 3 is 2.48 bits per heavy atom. The molecular weight excluding hydrogens is 308 g/mol. The van der Waals surface area contributed by atoms with Gasteiger partial charge in [-0.25, -0.2) is 0 Å². The molecule has 0 fully saturated rings. The summed E-state index contributed by atoms with van der Waals surface area (Å²) < 4.78 is 11.7. The van der Waals surface area contributed by atoms with Gasteiger partial charge in [-0.1, -0.05) is 38.1 Å². The fourth-order valence-corrected chi connectivity index (χ4v) is 3.00. The lowest BCUT2D eigenvalue weighted by Crippen LogP contribution is -2.02. The van der Waals surface area contributed by atoms with Crippen LogP contribution in [-0.4, -0.2) is 19.1 Å². The first kappa shape index (κ1) is 17.9. The zero-order valence-corrected chi connectivity index (χ0v) is 15.2. The van der Waals surface area contributed by atoms with E-state index < -0.39 is 0 Å². The molecular formula is C20H27ClO2. The van der Waals surface area contributed by atoms with Crippen LogP contribution in [0.4, 0.5) is 0 Å². The summed E-state index contributed by atoms with van der Waals surface area (Å²) >= 11 is 6.16. The van der Waals surface area contributed by atoms with Gasteiger partial charge in [0.1, 0.15) is 11.5 Å². The lowest BCUT2D eigenvalue weighted by Gasteiger charge is -2.16. The van der Waals surface area contributed by atoms with Crippen molar-refractivity contribution in [3.05, 3.63) is 35.9 Å². The van der Waals surface area contributed by atoms with E-state index in [1.807, 2.05) is 12.1 Å². The van der Waals surface area contributed by atoms with Crippen LogP contribution >= 0.6 is 11.6 Å². The van der Waals surface area contributed by atoms with Crippen LogP contribution in [0.25, 0.3) is 10.8 Å². The minimum Gasteiger partial charge on any atom is -0.496 e. The molecule has 2 rings (SSSR count). The van der Waals surface area contributed by atoms with Crippen molar-refractivity contribution in [2.75, 3.05) is 13.7 Å². The maximum atomic E-state index is 6.16. The number of halogens is 1. The molecule has 0 aliphatic carbocycles. The van der Waals surface area contributed by atoms with Gasteiger partial charge in [0.05, 0.1) is 13.7 Å². The van der Waals surface area contributed by atoms with Gasteiger partial charge in [-0.05, 0) is 43.7 Å². The van der Waals surface area contributed by atoms with Crippen molar-refractivity contribution in [1.29, 1.82) is 0 Å². The van der Waals surface area contributed by atoms with Gasteiger partial charge in [0.15, 0.2) is 0 Å². The molecule has 23 heavy (non-hydrogen) atoms. The van der Waals surface area contributed by atoms with E-state index in [-0.39, 0.29) is 0 Å². The Balaban J connectivity index is 2.11. The van der Waals surface area contributed by atoms with Crippen molar-refractivity contribution in [3.63, 3.8) is 0 Å². The molecule has 0 bridgehead atoms. The van der Waals surface area contributed by atoms with Crippen LogP contribution in [0.15, 0.2) is 30.3 Å². The lowest BCUT2D eigenvalue weighted by molar-refractivity contribution is 0.307. The maximum Gasteiger partial charge on any atom is 0.130 e. The number of methoxy groups -OCH3 is 1. The fraction of sp³-hybridized carbons (Fsp3) is 0.500. The average Bonchev–Trinajstić information content (AvgIpc) is 2.60. The SMILES string of the molecule is CCc1cc(OCCCCC(Cl)CC)c2ccccc2c1OC. The standard InChI is InChI=1S/C20H27ClO2/c1-4-15-14-19(23-13-9-8-10-16(21)5-2)17-11-6-7-12-18(17)20(15)22-3/h6-7,11-12,14,16H,4-5,8-10,13H2,1-3H3. The molecule has 2 aromatic rings. The van der Waals surface area contributed by atoms with Crippen LogP contribution < -0.4 is 9.47 Å². The highest BCUT2D eigenvalue weighted by Gasteiger charge is 2.12. The molecule has 0 saturated heterocycles. The number of hydrogen-bond donors (Lipinski definition) is 0. The van der Waals surface area contributed by atoms with E-state index >= 15 is 0 Å². The fourth-order valence-electron chi connectivity index (χ4n) is 2.85. The predicted octanol–water partition coefficient (Wildman–Crippen LogP) is 5.98. The van der Waals surface area contributed by atoms with E-state index in [2.05, 4.69) is 32.0 Å². The number of fused-ring (bicyclic) bond motifs is 1. The summed E-state index contributed by atoms with van der Waals surface area (Å²) in [6.45, 7) is 5.00. The quantitative estimate of drug-likeness (QED) is 0.415. The molecule has 3 heteroatoms. The zero-order chi connectivity index (χ0) is 16.7. The highest BCUT2D eigenvalue weighted by Crippen LogP contribution is 2.37. The third kappa shape index (κ3) is 4.54. The van der Waals surface area contributed by atoms with Gasteiger partial charge in [0.2, 0.25) is 0 Å². The third-order valence-electron chi connectivity index (χ3n) is 4.23. The number of hydrogen-bond acceptors (Lipinski definition) is 2. The van der Waals surface area contributed by atoms with Crippen LogP contribution in [0.3, 0.4) is 0 Å².